The maximum Gasteiger partial charge on any atom is 0.0567 e. The smallest absolute Gasteiger partial charge is 0.0567 e. The highest BCUT2D eigenvalue weighted by Gasteiger charge is 2.26. The molecule has 8 aromatic heterocycles. The SMILES string of the molecule is c1cc(-n2c3ccccc3c3ccccc32)cc(-n2c3ccc4c5ccccc5[nH]c4c3c3c4[nH]c5cc(-c6cccc7[nH]c8c(ccc9c8c8c%10[nH]c%11ccccc%11c%10ccc8n9-c8ccc(-n9c%10ccccc%10c%10ccccc%109)cc8)c67)ccc5c4ccc32)c1. The summed E-state index contributed by atoms with van der Waals surface area (Å²) in [6.07, 6.45) is 0. The maximum atomic E-state index is 4.11. The van der Waals surface area contributed by atoms with Gasteiger partial charge in [-0.25, -0.2) is 0 Å². The van der Waals surface area contributed by atoms with E-state index in [1.807, 2.05) is 0 Å². The van der Waals surface area contributed by atoms with Crippen molar-refractivity contribution in [3.05, 3.63) is 279 Å². The van der Waals surface area contributed by atoms with Gasteiger partial charge in [-0.15, -0.1) is 0 Å². The highest BCUT2D eigenvalue weighted by molar-refractivity contribution is 6.35. The Labute approximate surface area is 522 Å². The molecule has 0 saturated carbocycles. The lowest BCUT2D eigenvalue weighted by molar-refractivity contribution is 1.13. The molecule has 8 nitrogen and oxygen atoms in total. The minimum absolute atomic E-state index is 1.09. The number of rotatable bonds is 5. The molecule has 0 fully saturated rings. The van der Waals surface area contributed by atoms with Gasteiger partial charge in [0.1, 0.15) is 0 Å². The Morgan fingerprint density at radius 1 is 0.185 bits per heavy atom. The quantitative estimate of drug-likeness (QED) is 0.132. The van der Waals surface area contributed by atoms with Crippen molar-refractivity contribution in [2.45, 2.75) is 0 Å². The highest BCUT2D eigenvalue weighted by atomic mass is 15.0. The van der Waals surface area contributed by atoms with Crippen LogP contribution in [0.5, 0.6) is 0 Å². The number of fused-ring (bicyclic) bond motifs is 28. The van der Waals surface area contributed by atoms with E-state index in [-0.39, 0.29) is 0 Å². The van der Waals surface area contributed by atoms with Crippen molar-refractivity contribution in [3.8, 4) is 33.9 Å². The first-order valence-electron chi connectivity index (χ1n) is 31.7. The molecule has 0 spiro atoms. The second-order valence-corrected chi connectivity index (χ2v) is 25.1. The Hall–Kier alpha value is -12.5. The van der Waals surface area contributed by atoms with Crippen LogP contribution >= 0.6 is 0 Å². The van der Waals surface area contributed by atoms with Crippen molar-refractivity contribution >= 4 is 174 Å². The Morgan fingerprint density at radius 2 is 0.522 bits per heavy atom. The first kappa shape index (κ1) is 48.5. The molecule has 0 radical (unpaired) electrons. The van der Waals surface area contributed by atoms with Gasteiger partial charge in [0, 0.05) is 131 Å². The largest absolute Gasteiger partial charge is 0.354 e. The summed E-state index contributed by atoms with van der Waals surface area (Å²) < 4.78 is 9.74. The molecule has 0 saturated heterocycles. The second kappa shape index (κ2) is 17.6. The lowest BCUT2D eigenvalue weighted by Crippen LogP contribution is -1.98. The van der Waals surface area contributed by atoms with E-state index in [0.29, 0.717) is 0 Å². The number of nitrogens with zero attached hydrogens (tertiary/aromatic N) is 4. The first-order valence-corrected chi connectivity index (χ1v) is 31.7. The number of nitrogens with one attached hydrogen (secondary N) is 4. The van der Waals surface area contributed by atoms with Crippen molar-refractivity contribution in [2.24, 2.45) is 0 Å². The summed E-state index contributed by atoms with van der Waals surface area (Å²) >= 11 is 0. The standard InChI is InChI=1S/C84H50N8/c1-7-24-64-53(17-1)60-37-41-72-77(81(60)85-64)80-73(90(72)49-34-32-48(33-35-49)89-68-27-9-3-19-56(68)57-20-4-10-28-69(57)89)44-40-63-76-52(23-14-26-66(76)87-84(63)80)47-31-36-55-62-39-43-75-79(83(62)88-67(55)45-47)78-74(42-38-61-54-18-2-8-25-65(54)86-82(61)78)92(75)51-16-13-15-50(46-51)91-70-29-11-5-21-58(70)59-22-6-12-30-71(59)91/h1-46,85-88H. The topological polar surface area (TPSA) is 82.9 Å². The average Bonchev–Trinajstić information content (AvgIpc) is 1.56. The molecule has 0 aliphatic heterocycles. The number of benzene rings is 14. The van der Waals surface area contributed by atoms with E-state index >= 15 is 0 Å². The van der Waals surface area contributed by atoms with Crippen LogP contribution in [-0.2, 0) is 0 Å². The zero-order valence-electron chi connectivity index (χ0n) is 49.3. The molecule has 0 aliphatic rings. The molecular weight excluding hydrogens is 1120 g/mol. The van der Waals surface area contributed by atoms with E-state index in [0.717, 1.165) is 94.5 Å². The third kappa shape index (κ3) is 6.29. The molecule has 8 heteroatoms. The van der Waals surface area contributed by atoms with Crippen molar-refractivity contribution in [2.75, 3.05) is 0 Å². The molecule has 22 rings (SSSR count). The molecule has 0 unspecified atom stereocenters. The molecule has 0 aliphatic carbocycles. The van der Waals surface area contributed by atoms with Crippen LogP contribution < -0.4 is 0 Å². The normalized spacial score (nSPS) is 12.6. The fourth-order valence-electron chi connectivity index (χ4n) is 16.7. The van der Waals surface area contributed by atoms with Crippen LogP contribution in [-0.4, -0.2) is 38.2 Å². The summed E-state index contributed by atoms with van der Waals surface area (Å²) in [5, 5.41) is 19.4. The molecule has 22 aromatic rings. The maximum absolute atomic E-state index is 4.11. The molecule has 92 heavy (non-hydrogen) atoms. The summed E-state index contributed by atoms with van der Waals surface area (Å²) in [5.74, 6) is 0. The van der Waals surface area contributed by atoms with E-state index in [1.165, 1.54) is 114 Å². The van der Waals surface area contributed by atoms with E-state index in [2.05, 4.69) is 317 Å². The van der Waals surface area contributed by atoms with Gasteiger partial charge in [-0.05, 0) is 126 Å². The fraction of sp³-hybridized carbons (Fsp3) is 0. The Morgan fingerprint density at radius 3 is 1.01 bits per heavy atom. The zero-order chi connectivity index (χ0) is 59.6. The van der Waals surface area contributed by atoms with Gasteiger partial charge in [0.2, 0.25) is 0 Å². The second-order valence-electron chi connectivity index (χ2n) is 25.1. The van der Waals surface area contributed by atoms with Crippen LogP contribution in [0.25, 0.3) is 208 Å². The van der Waals surface area contributed by atoms with Crippen molar-refractivity contribution in [1.82, 2.24) is 38.2 Å². The average molecular weight is 1170 g/mol. The van der Waals surface area contributed by atoms with Crippen LogP contribution in [0.2, 0.25) is 0 Å². The van der Waals surface area contributed by atoms with E-state index in [1.54, 1.807) is 0 Å². The van der Waals surface area contributed by atoms with Gasteiger partial charge in [-0.3, -0.25) is 0 Å². The minimum atomic E-state index is 1.09. The highest BCUT2D eigenvalue weighted by Crippen LogP contribution is 2.48. The van der Waals surface area contributed by atoms with Gasteiger partial charge in [-0.1, -0.05) is 164 Å². The third-order valence-corrected chi connectivity index (χ3v) is 20.5. The van der Waals surface area contributed by atoms with E-state index in [4.69, 9.17) is 0 Å². The summed E-state index contributed by atoms with van der Waals surface area (Å²) in [7, 11) is 0. The monoisotopic (exact) mass is 1170 g/mol. The minimum Gasteiger partial charge on any atom is -0.354 e. The molecule has 426 valence electrons. The summed E-state index contributed by atoms with van der Waals surface area (Å²) in [5.41, 5.74) is 25.1. The lowest BCUT2D eigenvalue weighted by atomic mass is 9.97. The molecular formula is C84H50N8. The Kier molecular flexibility index (Phi) is 9.29. The number of H-pyrrole nitrogens is 4. The van der Waals surface area contributed by atoms with E-state index in [9.17, 15) is 0 Å². The number of hydrogen-bond donors (Lipinski definition) is 4. The van der Waals surface area contributed by atoms with E-state index < -0.39 is 0 Å². The van der Waals surface area contributed by atoms with Gasteiger partial charge in [0.15, 0.2) is 0 Å². The summed E-state index contributed by atoms with van der Waals surface area (Å²) in [6.45, 7) is 0. The van der Waals surface area contributed by atoms with Crippen molar-refractivity contribution in [3.63, 3.8) is 0 Å². The van der Waals surface area contributed by atoms with Gasteiger partial charge in [-0.2, -0.15) is 0 Å². The van der Waals surface area contributed by atoms with Gasteiger partial charge < -0.3 is 38.2 Å². The number of aromatic amines is 4. The Balaban J connectivity index is 0.740. The van der Waals surface area contributed by atoms with Crippen LogP contribution in [0.1, 0.15) is 0 Å². The van der Waals surface area contributed by atoms with Gasteiger partial charge in [0.25, 0.3) is 0 Å². The molecule has 14 aromatic carbocycles. The van der Waals surface area contributed by atoms with Crippen molar-refractivity contribution < 1.29 is 0 Å². The van der Waals surface area contributed by atoms with Crippen molar-refractivity contribution in [1.29, 1.82) is 0 Å². The molecule has 8 heterocycles. The molecule has 4 N–H and O–H groups in total. The van der Waals surface area contributed by atoms with Gasteiger partial charge >= 0.3 is 0 Å². The van der Waals surface area contributed by atoms with Crippen LogP contribution in [0.3, 0.4) is 0 Å². The van der Waals surface area contributed by atoms with Crippen LogP contribution in [0.15, 0.2) is 279 Å². The predicted molar refractivity (Wildman–Crippen MR) is 387 cm³/mol. The fourth-order valence-corrected chi connectivity index (χ4v) is 16.7. The summed E-state index contributed by atoms with van der Waals surface area (Å²) in [6, 6.07) is 103. The van der Waals surface area contributed by atoms with Crippen LogP contribution in [0.4, 0.5) is 0 Å². The van der Waals surface area contributed by atoms with Gasteiger partial charge in [0.05, 0.1) is 66.2 Å². The molecule has 0 bridgehead atoms. The first-order chi connectivity index (χ1) is 45.6. The zero-order valence-corrected chi connectivity index (χ0v) is 49.3. The number of aromatic nitrogens is 8. The third-order valence-electron chi connectivity index (χ3n) is 20.5. The lowest BCUT2D eigenvalue weighted by Gasteiger charge is -2.13. The Bertz CT molecular complexity index is 6900. The summed E-state index contributed by atoms with van der Waals surface area (Å²) in [4.78, 5) is 16.0. The number of para-hydroxylation sites is 6. The molecule has 0 amide bonds. The predicted octanol–water partition coefficient (Wildman–Crippen LogP) is 22.3. The molecule has 0 atom stereocenters. The van der Waals surface area contributed by atoms with Crippen LogP contribution in [0, 0.1) is 0 Å². The number of hydrogen-bond acceptors (Lipinski definition) is 0.